The molecule has 0 radical (unpaired) electrons. The molecule has 0 spiro atoms. The number of nitrogens with two attached hydrogens (primary N) is 1. The number of allylic oxidation sites excluding steroid dienone is 1. The summed E-state index contributed by atoms with van der Waals surface area (Å²) in [5.41, 5.74) is 6.63. The number of phenolic OH excluding ortho intramolecular Hbond substituents is 1. The summed E-state index contributed by atoms with van der Waals surface area (Å²) in [6.45, 7) is 3.65. The van der Waals surface area contributed by atoms with Crippen LogP contribution in [0.1, 0.15) is 24.4 Å². The highest BCUT2D eigenvalue weighted by molar-refractivity contribution is 5.51. The van der Waals surface area contributed by atoms with Crippen LogP contribution in [0.5, 0.6) is 17.2 Å². The summed E-state index contributed by atoms with van der Waals surface area (Å²) in [5, 5.41) is 9.94. The van der Waals surface area contributed by atoms with E-state index in [9.17, 15) is 5.11 Å². The van der Waals surface area contributed by atoms with Crippen molar-refractivity contribution in [3.63, 3.8) is 0 Å². The maximum Gasteiger partial charge on any atom is 0.131 e. The van der Waals surface area contributed by atoms with E-state index in [0.29, 0.717) is 23.5 Å². The van der Waals surface area contributed by atoms with Gasteiger partial charge in [-0.25, -0.2) is 0 Å². The predicted molar refractivity (Wildman–Crippen MR) is 67.6 cm³/mol. The molecule has 0 aliphatic rings. The van der Waals surface area contributed by atoms with Crippen LogP contribution in [0.15, 0.2) is 24.8 Å². The quantitative estimate of drug-likeness (QED) is 0.745. The summed E-state index contributed by atoms with van der Waals surface area (Å²) in [4.78, 5) is 0. The molecule has 1 atom stereocenters. The van der Waals surface area contributed by atoms with Gasteiger partial charge in [-0.3, -0.25) is 0 Å². The monoisotopic (exact) mass is 237 g/mol. The maximum atomic E-state index is 9.94. The lowest BCUT2D eigenvalue weighted by Gasteiger charge is -2.17. The molecule has 1 aromatic rings. The lowest BCUT2D eigenvalue weighted by molar-refractivity contribution is 0.374. The van der Waals surface area contributed by atoms with E-state index in [4.69, 9.17) is 15.2 Å². The van der Waals surface area contributed by atoms with E-state index < -0.39 is 0 Å². The zero-order chi connectivity index (χ0) is 12.8. The van der Waals surface area contributed by atoms with Crippen molar-refractivity contribution in [2.45, 2.75) is 18.9 Å². The van der Waals surface area contributed by atoms with Crippen LogP contribution in [0.2, 0.25) is 0 Å². The van der Waals surface area contributed by atoms with Crippen molar-refractivity contribution < 1.29 is 14.6 Å². The van der Waals surface area contributed by atoms with Gasteiger partial charge in [0.05, 0.1) is 19.8 Å². The van der Waals surface area contributed by atoms with Crippen LogP contribution >= 0.6 is 0 Å². The van der Waals surface area contributed by atoms with Gasteiger partial charge in [0.15, 0.2) is 0 Å². The topological polar surface area (TPSA) is 64.7 Å². The fourth-order valence-corrected chi connectivity index (χ4v) is 1.69. The van der Waals surface area contributed by atoms with Gasteiger partial charge in [-0.2, -0.15) is 0 Å². The molecule has 1 rings (SSSR count). The number of aromatic hydroxyl groups is 1. The van der Waals surface area contributed by atoms with E-state index in [1.807, 2.05) is 0 Å². The van der Waals surface area contributed by atoms with E-state index in [-0.39, 0.29) is 11.8 Å². The molecule has 3 N–H and O–H groups in total. The first kappa shape index (κ1) is 13.4. The minimum Gasteiger partial charge on any atom is -0.507 e. The van der Waals surface area contributed by atoms with Gasteiger partial charge in [0, 0.05) is 18.2 Å². The fourth-order valence-electron chi connectivity index (χ4n) is 1.69. The summed E-state index contributed by atoms with van der Waals surface area (Å²) in [6, 6.07) is 2.96. The Kier molecular flexibility index (Phi) is 4.84. The second-order valence-corrected chi connectivity index (χ2v) is 3.73. The molecule has 0 saturated carbocycles. The summed E-state index contributed by atoms with van der Waals surface area (Å²) in [5.74, 6) is 1.18. The maximum absolute atomic E-state index is 9.94. The number of ether oxygens (including phenoxy) is 2. The van der Waals surface area contributed by atoms with Crippen molar-refractivity contribution in [3.8, 4) is 17.2 Å². The van der Waals surface area contributed by atoms with Gasteiger partial charge in [0.25, 0.3) is 0 Å². The molecule has 0 amide bonds. The summed E-state index contributed by atoms with van der Waals surface area (Å²) in [6.07, 6.45) is 3.29. The van der Waals surface area contributed by atoms with E-state index >= 15 is 0 Å². The standard InChI is InChI=1S/C13H19NO3/c1-4-5-6-10(14)13-11(15)7-9(16-2)8-12(13)17-3/h4,7-8,10,15H,1,5-6,14H2,2-3H3/t10-/m0/s1. The Labute approximate surface area is 102 Å². The number of hydrogen-bond donors (Lipinski definition) is 2. The first-order chi connectivity index (χ1) is 8.13. The van der Waals surface area contributed by atoms with E-state index in [0.717, 1.165) is 6.42 Å². The highest BCUT2D eigenvalue weighted by Crippen LogP contribution is 2.38. The number of rotatable bonds is 6. The van der Waals surface area contributed by atoms with Gasteiger partial charge in [0.2, 0.25) is 0 Å². The van der Waals surface area contributed by atoms with Crippen molar-refractivity contribution in [1.29, 1.82) is 0 Å². The molecule has 0 saturated heterocycles. The lowest BCUT2D eigenvalue weighted by atomic mass is 10.0. The van der Waals surface area contributed by atoms with Crippen LogP contribution in [0.25, 0.3) is 0 Å². The van der Waals surface area contributed by atoms with Crippen LogP contribution in [-0.4, -0.2) is 19.3 Å². The van der Waals surface area contributed by atoms with Crippen molar-refractivity contribution in [2.75, 3.05) is 14.2 Å². The van der Waals surface area contributed by atoms with Gasteiger partial charge in [-0.1, -0.05) is 6.08 Å². The van der Waals surface area contributed by atoms with Crippen LogP contribution in [0.3, 0.4) is 0 Å². The molecule has 0 heterocycles. The highest BCUT2D eigenvalue weighted by atomic mass is 16.5. The molecule has 4 nitrogen and oxygen atoms in total. The van der Waals surface area contributed by atoms with Gasteiger partial charge >= 0.3 is 0 Å². The number of methoxy groups -OCH3 is 2. The molecular weight excluding hydrogens is 218 g/mol. The normalized spacial score (nSPS) is 11.9. The SMILES string of the molecule is C=CCC[C@H](N)c1c(O)cc(OC)cc1OC. The number of benzene rings is 1. The molecule has 0 unspecified atom stereocenters. The molecule has 4 heteroatoms. The minimum absolute atomic E-state index is 0.0952. The molecule has 94 valence electrons. The first-order valence-electron chi connectivity index (χ1n) is 5.45. The Balaban J connectivity index is 3.08. The smallest absolute Gasteiger partial charge is 0.131 e. The second kappa shape index (κ2) is 6.15. The first-order valence-corrected chi connectivity index (χ1v) is 5.45. The van der Waals surface area contributed by atoms with E-state index in [2.05, 4.69) is 6.58 Å². The Morgan fingerprint density at radius 1 is 1.41 bits per heavy atom. The van der Waals surface area contributed by atoms with Gasteiger partial charge in [-0.05, 0) is 12.8 Å². The lowest BCUT2D eigenvalue weighted by Crippen LogP contribution is -2.11. The average Bonchev–Trinajstić information content (AvgIpc) is 2.34. The summed E-state index contributed by atoms with van der Waals surface area (Å²) < 4.78 is 10.3. The van der Waals surface area contributed by atoms with Gasteiger partial charge in [-0.15, -0.1) is 6.58 Å². The molecule has 0 aliphatic carbocycles. The Bertz CT molecular complexity index is 390. The van der Waals surface area contributed by atoms with Crippen LogP contribution in [-0.2, 0) is 0 Å². The molecule has 0 fully saturated rings. The fraction of sp³-hybridized carbons (Fsp3) is 0.385. The van der Waals surface area contributed by atoms with Crippen molar-refractivity contribution in [3.05, 3.63) is 30.4 Å². The Morgan fingerprint density at radius 3 is 2.65 bits per heavy atom. The minimum atomic E-state index is -0.283. The van der Waals surface area contributed by atoms with Crippen LogP contribution in [0.4, 0.5) is 0 Å². The number of hydrogen-bond acceptors (Lipinski definition) is 4. The van der Waals surface area contributed by atoms with Crippen LogP contribution < -0.4 is 15.2 Å². The van der Waals surface area contributed by atoms with Crippen molar-refractivity contribution in [1.82, 2.24) is 0 Å². The molecule has 0 bridgehead atoms. The third-order valence-electron chi connectivity index (χ3n) is 2.60. The second-order valence-electron chi connectivity index (χ2n) is 3.73. The van der Waals surface area contributed by atoms with Crippen molar-refractivity contribution >= 4 is 0 Å². The zero-order valence-corrected chi connectivity index (χ0v) is 10.3. The third-order valence-corrected chi connectivity index (χ3v) is 2.60. The van der Waals surface area contributed by atoms with Gasteiger partial charge in [0.1, 0.15) is 17.2 Å². The van der Waals surface area contributed by atoms with E-state index in [1.54, 1.807) is 12.1 Å². The predicted octanol–water partition coefficient (Wildman–Crippen LogP) is 2.38. The highest BCUT2D eigenvalue weighted by Gasteiger charge is 2.17. The molecule has 1 aromatic carbocycles. The third kappa shape index (κ3) is 3.14. The largest absolute Gasteiger partial charge is 0.507 e. The number of phenols is 1. The van der Waals surface area contributed by atoms with Gasteiger partial charge < -0.3 is 20.3 Å². The van der Waals surface area contributed by atoms with E-state index in [1.165, 1.54) is 20.3 Å². The average molecular weight is 237 g/mol. The summed E-state index contributed by atoms with van der Waals surface area (Å²) in [7, 11) is 3.07. The zero-order valence-electron chi connectivity index (χ0n) is 10.3. The molecule has 0 aromatic heterocycles. The Hall–Kier alpha value is -1.68. The Morgan fingerprint density at radius 2 is 2.12 bits per heavy atom. The molecule has 17 heavy (non-hydrogen) atoms. The summed E-state index contributed by atoms with van der Waals surface area (Å²) >= 11 is 0. The van der Waals surface area contributed by atoms with Crippen molar-refractivity contribution in [2.24, 2.45) is 5.73 Å². The molecule has 0 aliphatic heterocycles. The van der Waals surface area contributed by atoms with Crippen LogP contribution in [0, 0.1) is 0 Å². The molecular formula is C13H19NO3.